The highest BCUT2D eigenvalue weighted by Gasteiger charge is 2.15. The third kappa shape index (κ3) is 3.87. The van der Waals surface area contributed by atoms with Crippen molar-refractivity contribution in [2.45, 2.75) is 13.5 Å². The zero-order valence-electron chi connectivity index (χ0n) is 16.4. The highest BCUT2D eigenvalue weighted by atomic mass is 16.5. The second kappa shape index (κ2) is 8.50. The Bertz CT molecular complexity index is 1240. The van der Waals surface area contributed by atoms with Gasteiger partial charge in [0.1, 0.15) is 12.1 Å². The molecule has 0 saturated carbocycles. The first-order chi connectivity index (χ1) is 14.7. The van der Waals surface area contributed by atoms with Crippen LogP contribution in [-0.2, 0) is 11.3 Å². The van der Waals surface area contributed by atoms with E-state index in [-0.39, 0.29) is 6.61 Å². The average molecular weight is 397 g/mol. The van der Waals surface area contributed by atoms with Crippen molar-refractivity contribution in [1.82, 2.24) is 9.97 Å². The Hall–Kier alpha value is -4.11. The molecule has 0 amide bonds. The van der Waals surface area contributed by atoms with Gasteiger partial charge in [-0.25, -0.2) is 4.79 Å². The van der Waals surface area contributed by atoms with Crippen LogP contribution in [0.25, 0.3) is 22.2 Å². The summed E-state index contributed by atoms with van der Waals surface area (Å²) in [5, 5.41) is 9.27. The van der Waals surface area contributed by atoms with E-state index in [1.807, 2.05) is 55.5 Å². The number of para-hydroxylation sites is 1. The van der Waals surface area contributed by atoms with Gasteiger partial charge in [0.25, 0.3) is 6.01 Å². The number of carbonyl (C=O) groups excluding carboxylic acids is 1. The molecule has 0 atom stereocenters. The third-order valence-electron chi connectivity index (χ3n) is 4.67. The third-order valence-corrected chi connectivity index (χ3v) is 4.67. The number of esters is 1. The van der Waals surface area contributed by atoms with Gasteiger partial charge in [-0.1, -0.05) is 48.5 Å². The van der Waals surface area contributed by atoms with Gasteiger partial charge in [0.15, 0.2) is 0 Å². The van der Waals surface area contributed by atoms with Gasteiger partial charge in [0.05, 0.1) is 29.3 Å². The fourth-order valence-electron chi connectivity index (χ4n) is 3.22. The monoisotopic (exact) mass is 397 g/mol. The van der Waals surface area contributed by atoms with Crippen molar-refractivity contribution in [1.29, 1.82) is 5.26 Å². The molecule has 6 nitrogen and oxygen atoms in total. The molecular weight excluding hydrogens is 378 g/mol. The summed E-state index contributed by atoms with van der Waals surface area (Å²) in [4.78, 5) is 20.0. The van der Waals surface area contributed by atoms with Crippen LogP contribution in [-0.4, -0.2) is 22.5 Å². The number of aromatic amines is 1. The molecule has 0 bridgehead atoms. The highest BCUT2D eigenvalue weighted by Crippen LogP contribution is 2.24. The number of ether oxygens (including phenoxy) is 2. The molecule has 1 N–H and O–H groups in total. The zero-order valence-corrected chi connectivity index (χ0v) is 16.4. The first-order valence-electron chi connectivity index (χ1n) is 9.56. The molecule has 0 aliphatic heterocycles. The Morgan fingerprint density at radius 3 is 2.63 bits per heavy atom. The SMILES string of the molecule is CCOc1nc2c(C(=O)OCc3ccc(-c4ccccc4C#N)cc3)cccc2[nH]1. The minimum absolute atomic E-state index is 0.137. The maximum Gasteiger partial charge on any atom is 0.340 e. The minimum atomic E-state index is -0.450. The Morgan fingerprint density at radius 1 is 1.07 bits per heavy atom. The van der Waals surface area contributed by atoms with Gasteiger partial charge in [-0.15, -0.1) is 0 Å². The van der Waals surface area contributed by atoms with Crippen LogP contribution in [0.3, 0.4) is 0 Å². The maximum atomic E-state index is 12.6. The molecule has 0 aliphatic rings. The summed E-state index contributed by atoms with van der Waals surface area (Å²) < 4.78 is 10.9. The number of rotatable bonds is 6. The standard InChI is InChI=1S/C24H19N3O3/c1-2-29-24-26-21-9-5-8-20(22(21)27-24)23(28)30-15-16-10-12-17(13-11-16)19-7-4-3-6-18(19)14-25/h3-13H,2,15H2,1H3,(H,26,27). The van der Waals surface area contributed by atoms with E-state index in [0.717, 1.165) is 16.7 Å². The minimum Gasteiger partial charge on any atom is -0.465 e. The van der Waals surface area contributed by atoms with Gasteiger partial charge in [0.2, 0.25) is 0 Å². The number of nitrogens with one attached hydrogen (secondary N) is 1. The smallest absolute Gasteiger partial charge is 0.340 e. The lowest BCUT2D eigenvalue weighted by molar-refractivity contribution is 0.0475. The highest BCUT2D eigenvalue weighted by molar-refractivity contribution is 6.02. The lowest BCUT2D eigenvalue weighted by Crippen LogP contribution is -2.06. The van der Waals surface area contributed by atoms with E-state index < -0.39 is 5.97 Å². The molecule has 30 heavy (non-hydrogen) atoms. The summed E-state index contributed by atoms with van der Waals surface area (Å²) in [6.45, 7) is 2.49. The number of aromatic nitrogens is 2. The van der Waals surface area contributed by atoms with Crippen LogP contribution in [0.15, 0.2) is 66.7 Å². The second-order valence-electron chi connectivity index (χ2n) is 6.61. The molecule has 0 spiro atoms. The summed E-state index contributed by atoms with van der Waals surface area (Å²) in [5.41, 5.74) is 4.91. The van der Waals surface area contributed by atoms with E-state index in [9.17, 15) is 10.1 Å². The van der Waals surface area contributed by atoms with Crippen molar-refractivity contribution in [3.05, 3.63) is 83.4 Å². The number of fused-ring (bicyclic) bond motifs is 1. The Balaban J connectivity index is 1.48. The fourth-order valence-corrected chi connectivity index (χ4v) is 3.22. The van der Waals surface area contributed by atoms with Crippen molar-refractivity contribution < 1.29 is 14.3 Å². The normalized spacial score (nSPS) is 10.5. The van der Waals surface area contributed by atoms with Crippen molar-refractivity contribution in [2.24, 2.45) is 0 Å². The van der Waals surface area contributed by atoms with Gasteiger partial charge in [0, 0.05) is 0 Å². The van der Waals surface area contributed by atoms with Gasteiger partial charge < -0.3 is 14.5 Å². The van der Waals surface area contributed by atoms with E-state index in [1.54, 1.807) is 18.2 Å². The molecule has 6 heteroatoms. The molecule has 148 valence electrons. The number of H-pyrrole nitrogens is 1. The van der Waals surface area contributed by atoms with Crippen LogP contribution < -0.4 is 4.74 Å². The molecule has 3 aromatic carbocycles. The van der Waals surface area contributed by atoms with Crippen molar-refractivity contribution in [3.8, 4) is 23.2 Å². The van der Waals surface area contributed by atoms with Crippen LogP contribution in [0, 0.1) is 11.3 Å². The first kappa shape index (κ1) is 19.2. The lowest BCUT2D eigenvalue weighted by Gasteiger charge is -2.08. The van der Waals surface area contributed by atoms with E-state index in [1.165, 1.54) is 0 Å². The molecular formula is C24H19N3O3. The predicted molar refractivity (Wildman–Crippen MR) is 113 cm³/mol. The first-order valence-corrected chi connectivity index (χ1v) is 9.56. The second-order valence-corrected chi connectivity index (χ2v) is 6.61. The number of benzene rings is 3. The van der Waals surface area contributed by atoms with Crippen molar-refractivity contribution in [2.75, 3.05) is 6.61 Å². The lowest BCUT2D eigenvalue weighted by atomic mass is 9.99. The number of carbonyl (C=O) groups is 1. The van der Waals surface area contributed by atoms with Crippen molar-refractivity contribution in [3.63, 3.8) is 0 Å². The quantitative estimate of drug-likeness (QED) is 0.470. The Kier molecular flexibility index (Phi) is 5.44. The summed E-state index contributed by atoms with van der Waals surface area (Å²) >= 11 is 0. The number of imidazole rings is 1. The molecule has 0 aliphatic carbocycles. The molecule has 0 unspecified atom stereocenters. The van der Waals surface area contributed by atoms with Crippen LogP contribution in [0.2, 0.25) is 0 Å². The summed E-state index contributed by atoms with van der Waals surface area (Å²) in [5.74, 6) is -0.450. The molecule has 1 heterocycles. The van der Waals surface area contributed by atoms with E-state index in [0.29, 0.717) is 34.8 Å². The molecule has 4 aromatic rings. The van der Waals surface area contributed by atoms with E-state index in [4.69, 9.17) is 9.47 Å². The van der Waals surface area contributed by atoms with Gasteiger partial charge in [-0.2, -0.15) is 10.2 Å². The van der Waals surface area contributed by atoms with E-state index in [2.05, 4.69) is 16.0 Å². The number of nitrogens with zero attached hydrogens (tertiary/aromatic N) is 2. The number of nitriles is 1. The van der Waals surface area contributed by atoms with Crippen LogP contribution in [0.4, 0.5) is 0 Å². The number of hydrogen-bond acceptors (Lipinski definition) is 5. The maximum absolute atomic E-state index is 12.6. The topological polar surface area (TPSA) is 88.0 Å². The van der Waals surface area contributed by atoms with Crippen molar-refractivity contribution >= 4 is 17.0 Å². The Labute approximate surface area is 173 Å². The zero-order chi connectivity index (χ0) is 20.9. The van der Waals surface area contributed by atoms with Crippen LogP contribution in [0.5, 0.6) is 6.01 Å². The Morgan fingerprint density at radius 2 is 1.87 bits per heavy atom. The molecule has 1 aromatic heterocycles. The predicted octanol–water partition coefficient (Wildman–Crippen LogP) is 4.86. The largest absolute Gasteiger partial charge is 0.465 e. The average Bonchev–Trinajstić information content (AvgIpc) is 3.20. The molecule has 0 radical (unpaired) electrons. The van der Waals surface area contributed by atoms with Crippen LogP contribution in [0.1, 0.15) is 28.4 Å². The summed E-state index contributed by atoms with van der Waals surface area (Å²) in [6.07, 6.45) is 0. The molecule has 4 rings (SSSR count). The molecule has 0 fully saturated rings. The van der Waals surface area contributed by atoms with E-state index >= 15 is 0 Å². The molecule has 0 saturated heterocycles. The van der Waals surface area contributed by atoms with Gasteiger partial charge >= 0.3 is 5.97 Å². The fraction of sp³-hybridized carbons (Fsp3) is 0.125. The summed E-state index contributed by atoms with van der Waals surface area (Å²) in [6, 6.07) is 22.9. The van der Waals surface area contributed by atoms with Crippen LogP contribution >= 0.6 is 0 Å². The summed E-state index contributed by atoms with van der Waals surface area (Å²) in [7, 11) is 0. The van der Waals surface area contributed by atoms with Gasteiger partial charge in [-0.05, 0) is 41.8 Å². The number of hydrogen-bond donors (Lipinski definition) is 1. The van der Waals surface area contributed by atoms with Gasteiger partial charge in [-0.3, -0.25) is 0 Å².